The molecule has 0 atom stereocenters. The fourth-order valence-corrected chi connectivity index (χ4v) is 2.89. The molecule has 0 aliphatic rings. The number of rotatable bonds is 4. The second kappa shape index (κ2) is 6.29. The molecule has 0 radical (unpaired) electrons. The first-order valence-corrected chi connectivity index (χ1v) is 7.90. The van der Waals surface area contributed by atoms with Crippen molar-refractivity contribution in [3.8, 4) is 0 Å². The molecule has 3 nitrogen and oxygen atoms in total. The molecule has 1 aromatic heterocycles. The van der Waals surface area contributed by atoms with Gasteiger partial charge in [-0.15, -0.1) is 0 Å². The maximum atomic E-state index is 12.8. The molecule has 23 heavy (non-hydrogen) atoms. The Morgan fingerprint density at radius 3 is 2.57 bits per heavy atom. The molecule has 0 N–H and O–H groups in total. The van der Waals surface area contributed by atoms with Crippen LogP contribution in [0.1, 0.15) is 25.0 Å². The summed E-state index contributed by atoms with van der Waals surface area (Å²) in [7, 11) is 0. The van der Waals surface area contributed by atoms with Gasteiger partial charge >= 0.3 is 0 Å². The lowest BCUT2D eigenvalue weighted by molar-refractivity contribution is -0.118. The summed E-state index contributed by atoms with van der Waals surface area (Å²) in [6.07, 6.45) is 2.04. The van der Waals surface area contributed by atoms with Crippen LogP contribution in [0.25, 0.3) is 11.0 Å². The molecule has 0 saturated heterocycles. The average molecular weight is 307 g/mol. The van der Waals surface area contributed by atoms with Crippen LogP contribution in [-0.4, -0.2) is 11.9 Å². The third-order valence-electron chi connectivity index (χ3n) is 3.97. The average Bonchev–Trinajstić information content (AvgIpc) is 2.90. The fraction of sp³-hybridized carbons (Fsp3) is 0.250. The Bertz CT molecular complexity index is 818. The van der Waals surface area contributed by atoms with Gasteiger partial charge in [0.05, 0.1) is 12.7 Å². The number of nitrogens with zero attached hydrogens (tertiary/aromatic N) is 1. The summed E-state index contributed by atoms with van der Waals surface area (Å²) in [5.41, 5.74) is 3.85. The molecule has 0 fully saturated rings. The largest absolute Gasteiger partial charge is 0.464 e. The number of hydrogen-bond donors (Lipinski definition) is 0. The van der Waals surface area contributed by atoms with E-state index in [2.05, 4.69) is 0 Å². The number of hydrogen-bond acceptors (Lipinski definition) is 2. The topological polar surface area (TPSA) is 33.5 Å². The molecular formula is C20H21NO2. The lowest BCUT2D eigenvalue weighted by Crippen LogP contribution is -2.38. The molecule has 0 saturated carbocycles. The number of furan rings is 1. The van der Waals surface area contributed by atoms with Crippen LogP contribution in [-0.2, 0) is 11.2 Å². The smallest absolute Gasteiger partial charge is 0.231 e. The standard InChI is InChI=1S/C20H21NO2/c1-14(2)21(17-7-5-4-6-8-17)20(22)12-16-13-23-19-11-15(3)9-10-18(16)19/h4-11,13-14H,12H2,1-3H3. The third-order valence-corrected chi connectivity index (χ3v) is 3.97. The summed E-state index contributed by atoms with van der Waals surface area (Å²) in [5, 5.41) is 1.01. The van der Waals surface area contributed by atoms with Crippen LogP contribution in [0.15, 0.2) is 59.2 Å². The third kappa shape index (κ3) is 3.14. The Labute approximate surface area is 136 Å². The van der Waals surface area contributed by atoms with Crippen molar-refractivity contribution in [2.45, 2.75) is 33.2 Å². The minimum Gasteiger partial charge on any atom is -0.464 e. The molecule has 0 spiro atoms. The van der Waals surface area contributed by atoms with E-state index in [1.165, 1.54) is 0 Å². The summed E-state index contributed by atoms with van der Waals surface area (Å²) in [6, 6.07) is 16.0. The molecule has 3 heteroatoms. The van der Waals surface area contributed by atoms with Crippen LogP contribution >= 0.6 is 0 Å². The van der Waals surface area contributed by atoms with Gasteiger partial charge in [-0.3, -0.25) is 4.79 Å². The van der Waals surface area contributed by atoms with E-state index in [9.17, 15) is 4.79 Å². The van der Waals surface area contributed by atoms with Crippen LogP contribution < -0.4 is 4.90 Å². The zero-order valence-corrected chi connectivity index (χ0v) is 13.7. The van der Waals surface area contributed by atoms with Gasteiger partial charge in [0.15, 0.2) is 0 Å². The van der Waals surface area contributed by atoms with E-state index in [0.29, 0.717) is 6.42 Å². The van der Waals surface area contributed by atoms with Gasteiger partial charge in [-0.25, -0.2) is 0 Å². The van der Waals surface area contributed by atoms with Crippen molar-refractivity contribution in [3.63, 3.8) is 0 Å². The van der Waals surface area contributed by atoms with Gasteiger partial charge in [-0.05, 0) is 44.5 Å². The minimum absolute atomic E-state index is 0.0782. The molecule has 2 aromatic carbocycles. The van der Waals surface area contributed by atoms with Crippen molar-refractivity contribution >= 4 is 22.6 Å². The van der Waals surface area contributed by atoms with Crippen molar-refractivity contribution in [3.05, 3.63) is 65.9 Å². The fourth-order valence-electron chi connectivity index (χ4n) is 2.89. The summed E-state index contributed by atoms with van der Waals surface area (Å²) in [4.78, 5) is 14.7. The van der Waals surface area contributed by atoms with Gasteiger partial charge in [0, 0.05) is 22.7 Å². The van der Waals surface area contributed by atoms with Crippen LogP contribution in [0, 0.1) is 6.92 Å². The minimum atomic E-state index is 0.0782. The highest BCUT2D eigenvalue weighted by atomic mass is 16.3. The number of benzene rings is 2. The highest BCUT2D eigenvalue weighted by molar-refractivity contribution is 5.97. The summed E-state index contributed by atoms with van der Waals surface area (Å²) >= 11 is 0. The zero-order chi connectivity index (χ0) is 16.4. The molecule has 0 aliphatic heterocycles. The molecular weight excluding hydrogens is 286 g/mol. The van der Waals surface area contributed by atoms with Crippen LogP contribution in [0.3, 0.4) is 0 Å². The van der Waals surface area contributed by atoms with Crippen molar-refractivity contribution in [2.24, 2.45) is 0 Å². The van der Waals surface area contributed by atoms with Crippen LogP contribution in [0.4, 0.5) is 5.69 Å². The van der Waals surface area contributed by atoms with Gasteiger partial charge in [0.1, 0.15) is 5.58 Å². The molecule has 1 heterocycles. The number of fused-ring (bicyclic) bond motifs is 1. The van der Waals surface area contributed by atoms with E-state index in [4.69, 9.17) is 4.42 Å². The van der Waals surface area contributed by atoms with Gasteiger partial charge in [0.25, 0.3) is 0 Å². The lowest BCUT2D eigenvalue weighted by atomic mass is 10.1. The predicted molar refractivity (Wildman–Crippen MR) is 93.7 cm³/mol. The molecule has 3 aromatic rings. The zero-order valence-electron chi connectivity index (χ0n) is 13.7. The number of aryl methyl sites for hydroxylation is 1. The summed E-state index contributed by atoms with van der Waals surface area (Å²) in [5.74, 6) is 0.0782. The maximum Gasteiger partial charge on any atom is 0.231 e. The number of carbonyl (C=O) groups is 1. The first-order chi connectivity index (χ1) is 11.1. The first-order valence-electron chi connectivity index (χ1n) is 7.90. The Hall–Kier alpha value is -2.55. The molecule has 118 valence electrons. The predicted octanol–water partition coefficient (Wildman–Crippen LogP) is 4.73. The van der Waals surface area contributed by atoms with Gasteiger partial charge < -0.3 is 9.32 Å². The Balaban J connectivity index is 1.89. The van der Waals surface area contributed by atoms with E-state index >= 15 is 0 Å². The molecule has 3 rings (SSSR count). The summed E-state index contributed by atoms with van der Waals surface area (Å²) in [6.45, 7) is 6.09. The summed E-state index contributed by atoms with van der Waals surface area (Å²) < 4.78 is 5.61. The van der Waals surface area contributed by atoms with E-state index in [1.807, 2.05) is 74.2 Å². The van der Waals surface area contributed by atoms with Crippen molar-refractivity contribution in [2.75, 3.05) is 4.90 Å². The Morgan fingerprint density at radius 2 is 1.87 bits per heavy atom. The molecule has 0 bridgehead atoms. The van der Waals surface area contributed by atoms with Crippen molar-refractivity contribution in [1.29, 1.82) is 0 Å². The van der Waals surface area contributed by atoms with E-state index in [-0.39, 0.29) is 11.9 Å². The Kier molecular flexibility index (Phi) is 4.20. The van der Waals surface area contributed by atoms with E-state index in [1.54, 1.807) is 6.26 Å². The quantitative estimate of drug-likeness (QED) is 0.698. The highest BCUT2D eigenvalue weighted by Crippen LogP contribution is 2.25. The van der Waals surface area contributed by atoms with Crippen LogP contribution in [0.2, 0.25) is 0 Å². The number of para-hydroxylation sites is 1. The normalized spacial score (nSPS) is 11.1. The second-order valence-corrected chi connectivity index (χ2v) is 6.13. The number of anilines is 1. The van der Waals surface area contributed by atoms with Crippen molar-refractivity contribution < 1.29 is 9.21 Å². The van der Waals surface area contributed by atoms with E-state index in [0.717, 1.165) is 27.8 Å². The second-order valence-electron chi connectivity index (χ2n) is 6.13. The van der Waals surface area contributed by atoms with Crippen molar-refractivity contribution in [1.82, 2.24) is 0 Å². The molecule has 0 aliphatic carbocycles. The Morgan fingerprint density at radius 1 is 1.13 bits per heavy atom. The van der Waals surface area contributed by atoms with Gasteiger partial charge in [-0.2, -0.15) is 0 Å². The SMILES string of the molecule is Cc1ccc2c(CC(=O)N(c3ccccc3)C(C)C)coc2c1. The van der Waals surface area contributed by atoms with Crippen LogP contribution in [0.5, 0.6) is 0 Å². The highest BCUT2D eigenvalue weighted by Gasteiger charge is 2.20. The first kappa shape index (κ1) is 15.3. The number of amides is 1. The molecule has 1 amide bonds. The van der Waals surface area contributed by atoms with Gasteiger partial charge in [0.2, 0.25) is 5.91 Å². The molecule has 0 unspecified atom stereocenters. The lowest BCUT2D eigenvalue weighted by Gasteiger charge is -2.26. The van der Waals surface area contributed by atoms with E-state index < -0.39 is 0 Å². The van der Waals surface area contributed by atoms with Gasteiger partial charge in [-0.1, -0.05) is 30.3 Å². The number of carbonyl (C=O) groups excluding carboxylic acids is 1. The maximum absolute atomic E-state index is 12.8. The monoisotopic (exact) mass is 307 g/mol.